The van der Waals surface area contributed by atoms with Crippen molar-refractivity contribution in [2.75, 3.05) is 0 Å². The molecule has 0 aromatic heterocycles. The van der Waals surface area contributed by atoms with E-state index in [1.54, 1.807) is 6.92 Å². The normalized spacial score (nSPS) is 15.6. The second-order valence-electron chi connectivity index (χ2n) is 5.13. The van der Waals surface area contributed by atoms with Gasteiger partial charge in [0.05, 0.1) is 0 Å². The molecule has 20 heavy (non-hydrogen) atoms. The van der Waals surface area contributed by atoms with Gasteiger partial charge in [-0.15, -0.1) is 0 Å². The van der Waals surface area contributed by atoms with Crippen LogP contribution in [-0.4, -0.2) is 17.7 Å². The summed E-state index contributed by atoms with van der Waals surface area (Å²) in [6.07, 6.45) is 4.94. The Morgan fingerprint density at radius 3 is 2.60 bits per heavy atom. The summed E-state index contributed by atoms with van der Waals surface area (Å²) >= 11 is 0. The maximum atomic E-state index is 12.8. The number of hydrogen-bond acceptors (Lipinski definition) is 2. The third-order valence-electron chi connectivity index (χ3n) is 3.37. The molecule has 2 rings (SSSR count). The van der Waals surface area contributed by atoms with E-state index < -0.39 is 0 Å². The van der Waals surface area contributed by atoms with Crippen molar-refractivity contribution in [1.82, 2.24) is 5.32 Å². The van der Waals surface area contributed by atoms with Crippen molar-refractivity contribution >= 4 is 11.7 Å². The van der Waals surface area contributed by atoms with Gasteiger partial charge in [0, 0.05) is 23.6 Å². The van der Waals surface area contributed by atoms with E-state index in [0.717, 1.165) is 24.8 Å². The molecule has 0 unspecified atom stereocenters. The predicted octanol–water partition coefficient (Wildman–Crippen LogP) is 3.01. The Labute approximate surface area is 117 Å². The predicted molar refractivity (Wildman–Crippen MR) is 74.9 cm³/mol. The first kappa shape index (κ1) is 14.4. The molecule has 0 heterocycles. The van der Waals surface area contributed by atoms with Crippen LogP contribution in [0.15, 0.2) is 35.9 Å². The zero-order valence-corrected chi connectivity index (χ0v) is 11.5. The molecule has 0 saturated carbocycles. The summed E-state index contributed by atoms with van der Waals surface area (Å²) in [5.41, 5.74) is 1.28. The minimum absolute atomic E-state index is 0.0816. The summed E-state index contributed by atoms with van der Waals surface area (Å²) in [6.45, 7) is 1.80. The van der Waals surface area contributed by atoms with E-state index in [2.05, 4.69) is 5.32 Å². The highest BCUT2D eigenvalue weighted by molar-refractivity contribution is 5.97. The molecule has 1 aromatic carbocycles. The Morgan fingerprint density at radius 1 is 1.30 bits per heavy atom. The van der Waals surface area contributed by atoms with Gasteiger partial charge in [0.1, 0.15) is 5.82 Å². The van der Waals surface area contributed by atoms with E-state index >= 15 is 0 Å². The number of rotatable bonds is 5. The third kappa shape index (κ3) is 3.76. The smallest absolute Gasteiger partial charge is 0.247 e. The third-order valence-corrected chi connectivity index (χ3v) is 3.37. The van der Waals surface area contributed by atoms with E-state index in [-0.39, 0.29) is 30.0 Å². The van der Waals surface area contributed by atoms with E-state index in [4.69, 9.17) is 0 Å². The SMILES string of the molecule is C[C@H](CC(=O)c1ccc(F)cc1)NC(=O)C1=CCCC1. The summed E-state index contributed by atoms with van der Waals surface area (Å²) in [5, 5.41) is 2.83. The lowest BCUT2D eigenvalue weighted by Crippen LogP contribution is -2.34. The number of carbonyl (C=O) groups excluding carboxylic acids is 2. The molecule has 1 aromatic rings. The van der Waals surface area contributed by atoms with Gasteiger partial charge in [-0.1, -0.05) is 6.08 Å². The Morgan fingerprint density at radius 2 is 2.00 bits per heavy atom. The Balaban J connectivity index is 1.87. The first-order chi connectivity index (χ1) is 9.56. The van der Waals surface area contributed by atoms with E-state index in [0.29, 0.717) is 5.56 Å². The van der Waals surface area contributed by atoms with Gasteiger partial charge in [0.15, 0.2) is 5.78 Å². The van der Waals surface area contributed by atoms with Crippen molar-refractivity contribution in [3.8, 4) is 0 Å². The van der Waals surface area contributed by atoms with E-state index in [9.17, 15) is 14.0 Å². The number of Topliss-reactive ketones (excluding diaryl/α,β-unsaturated/α-hetero) is 1. The fourth-order valence-corrected chi connectivity index (χ4v) is 2.28. The van der Waals surface area contributed by atoms with Crippen LogP contribution in [-0.2, 0) is 4.79 Å². The van der Waals surface area contributed by atoms with Gasteiger partial charge in [-0.3, -0.25) is 9.59 Å². The number of allylic oxidation sites excluding steroid dienone is 1. The molecular formula is C16H18FNO2. The van der Waals surface area contributed by atoms with Crippen LogP contribution in [0.3, 0.4) is 0 Å². The van der Waals surface area contributed by atoms with Crippen LogP contribution in [0.25, 0.3) is 0 Å². The van der Waals surface area contributed by atoms with Crippen LogP contribution in [0, 0.1) is 5.82 Å². The highest BCUT2D eigenvalue weighted by Gasteiger charge is 2.17. The molecule has 1 atom stereocenters. The molecule has 0 bridgehead atoms. The quantitative estimate of drug-likeness (QED) is 0.840. The van der Waals surface area contributed by atoms with Crippen LogP contribution in [0.4, 0.5) is 4.39 Å². The zero-order valence-electron chi connectivity index (χ0n) is 11.5. The van der Waals surface area contributed by atoms with Crippen molar-refractivity contribution in [2.24, 2.45) is 0 Å². The lowest BCUT2D eigenvalue weighted by atomic mass is 10.0. The first-order valence-electron chi connectivity index (χ1n) is 6.85. The molecule has 1 aliphatic carbocycles. The van der Waals surface area contributed by atoms with Crippen LogP contribution in [0.2, 0.25) is 0 Å². The minimum Gasteiger partial charge on any atom is -0.349 e. The van der Waals surface area contributed by atoms with E-state index in [1.807, 2.05) is 6.08 Å². The van der Waals surface area contributed by atoms with Gasteiger partial charge in [-0.05, 0) is 50.5 Å². The molecular weight excluding hydrogens is 257 g/mol. The fraction of sp³-hybridized carbons (Fsp3) is 0.375. The standard InChI is InChI=1S/C16H18FNO2/c1-11(18-16(20)13-4-2-3-5-13)10-15(19)12-6-8-14(17)9-7-12/h4,6-9,11H,2-3,5,10H2,1H3,(H,18,20)/t11-/m1/s1. The maximum Gasteiger partial charge on any atom is 0.247 e. The van der Waals surface area contributed by atoms with Crippen LogP contribution in [0.5, 0.6) is 0 Å². The lowest BCUT2D eigenvalue weighted by Gasteiger charge is -2.13. The van der Waals surface area contributed by atoms with Crippen molar-refractivity contribution in [1.29, 1.82) is 0 Å². The highest BCUT2D eigenvalue weighted by atomic mass is 19.1. The molecule has 0 spiro atoms. The van der Waals surface area contributed by atoms with Crippen LogP contribution < -0.4 is 5.32 Å². The van der Waals surface area contributed by atoms with Gasteiger partial charge in [0.2, 0.25) is 5.91 Å². The molecule has 106 valence electrons. The molecule has 4 heteroatoms. The molecule has 0 radical (unpaired) electrons. The monoisotopic (exact) mass is 275 g/mol. The summed E-state index contributed by atoms with van der Waals surface area (Å²) < 4.78 is 12.8. The highest BCUT2D eigenvalue weighted by Crippen LogP contribution is 2.17. The number of ketones is 1. The van der Waals surface area contributed by atoms with Crippen molar-refractivity contribution in [3.05, 3.63) is 47.3 Å². The first-order valence-corrected chi connectivity index (χ1v) is 6.85. The average Bonchev–Trinajstić information content (AvgIpc) is 2.93. The van der Waals surface area contributed by atoms with E-state index in [1.165, 1.54) is 24.3 Å². The van der Waals surface area contributed by atoms with Gasteiger partial charge in [0.25, 0.3) is 0 Å². The second-order valence-corrected chi connectivity index (χ2v) is 5.13. The van der Waals surface area contributed by atoms with Gasteiger partial charge in [-0.2, -0.15) is 0 Å². The van der Waals surface area contributed by atoms with Gasteiger partial charge >= 0.3 is 0 Å². The van der Waals surface area contributed by atoms with Crippen molar-refractivity contribution in [2.45, 2.75) is 38.6 Å². The maximum absolute atomic E-state index is 12.8. The van der Waals surface area contributed by atoms with Crippen LogP contribution in [0.1, 0.15) is 43.0 Å². The Hall–Kier alpha value is -1.97. The fourth-order valence-electron chi connectivity index (χ4n) is 2.28. The minimum atomic E-state index is -0.365. The number of nitrogens with one attached hydrogen (secondary N) is 1. The van der Waals surface area contributed by atoms with Crippen molar-refractivity contribution < 1.29 is 14.0 Å². The number of amides is 1. The topological polar surface area (TPSA) is 46.2 Å². The number of benzene rings is 1. The molecule has 0 fully saturated rings. The average molecular weight is 275 g/mol. The molecule has 3 nitrogen and oxygen atoms in total. The molecule has 1 amide bonds. The van der Waals surface area contributed by atoms with Crippen LogP contribution >= 0.6 is 0 Å². The zero-order chi connectivity index (χ0) is 14.5. The summed E-state index contributed by atoms with van der Waals surface area (Å²) in [7, 11) is 0. The molecule has 1 N–H and O–H groups in total. The molecule has 0 saturated heterocycles. The summed E-state index contributed by atoms with van der Waals surface area (Å²) in [5.74, 6) is -0.545. The Kier molecular flexibility index (Phi) is 4.66. The lowest BCUT2D eigenvalue weighted by molar-refractivity contribution is -0.118. The second kappa shape index (κ2) is 6.46. The van der Waals surface area contributed by atoms with Gasteiger partial charge in [-0.25, -0.2) is 4.39 Å². The van der Waals surface area contributed by atoms with Gasteiger partial charge < -0.3 is 5.32 Å². The Bertz CT molecular complexity index is 534. The number of halogens is 1. The van der Waals surface area contributed by atoms with Crippen molar-refractivity contribution in [3.63, 3.8) is 0 Å². The largest absolute Gasteiger partial charge is 0.349 e. The summed E-state index contributed by atoms with van der Waals surface area (Å²) in [6, 6.07) is 5.22. The summed E-state index contributed by atoms with van der Waals surface area (Å²) in [4.78, 5) is 23.9. The molecule has 0 aliphatic heterocycles. The number of carbonyl (C=O) groups is 2. The molecule has 1 aliphatic rings. The number of hydrogen-bond donors (Lipinski definition) is 1.